The lowest BCUT2D eigenvalue weighted by Crippen LogP contribution is -2.71. The van der Waals surface area contributed by atoms with Crippen molar-refractivity contribution in [3.05, 3.63) is 22.4 Å². The van der Waals surface area contributed by atoms with Crippen LogP contribution in [-0.2, 0) is 19.2 Å². The molecule has 134 valence electrons. The van der Waals surface area contributed by atoms with Crippen LogP contribution in [0, 0.1) is 0 Å². The highest BCUT2D eigenvalue weighted by Crippen LogP contribution is 2.50. The van der Waals surface area contributed by atoms with Crippen molar-refractivity contribution in [2.75, 3.05) is 0 Å². The van der Waals surface area contributed by atoms with Crippen LogP contribution in [0.4, 0.5) is 0 Å². The van der Waals surface area contributed by atoms with Crippen LogP contribution in [0.15, 0.2) is 16.8 Å². The summed E-state index contributed by atoms with van der Waals surface area (Å²) in [6.45, 7) is 3.46. The molecule has 8 nitrogen and oxygen atoms in total. The molecular weight excluding hydrogens is 368 g/mol. The molecule has 25 heavy (non-hydrogen) atoms. The number of fused-ring (bicyclic) bond motifs is 1. The molecule has 2 aliphatic rings. The molecule has 0 unspecified atom stereocenters. The van der Waals surface area contributed by atoms with E-state index >= 15 is 0 Å². The number of carbonyl (C=O) groups is 4. The predicted molar refractivity (Wildman–Crippen MR) is 90.4 cm³/mol. The number of hydrogen-bond acceptors (Lipinski definition) is 6. The van der Waals surface area contributed by atoms with Crippen molar-refractivity contribution in [1.82, 2.24) is 10.2 Å². The predicted octanol–water partition coefficient (Wildman–Crippen LogP) is 0.548. The van der Waals surface area contributed by atoms with Gasteiger partial charge in [0.15, 0.2) is 5.92 Å². The molecule has 0 bridgehead atoms. The highest BCUT2D eigenvalue weighted by atomic mass is 32.2. The van der Waals surface area contributed by atoms with Crippen molar-refractivity contribution in [2.45, 2.75) is 42.0 Å². The van der Waals surface area contributed by atoms with Gasteiger partial charge in [-0.15, -0.1) is 11.8 Å². The summed E-state index contributed by atoms with van der Waals surface area (Å²) in [6, 6.07) is -0.344. The number of rotatable bonds is 5. The van der Waals surface area contributed by atoms with Gasteiger partial charge >= 0.3 is 11.9 Å². The zero-order valence-corrected chi connectivity index (χ0v) is 15.0. The van der Waals surface area contributed by atoms with Crippen molar-refractivity contribution in [3.8, 4) is 0 Å². The van der Waals surface area contributed by atoms with Crippen LogP contribution in [0.3, 0.4) is 0 Å². The molecule has 1 aromatic rings. The fourth-order valence-electron chi connectivity index (χ4n) is 3.23. The molecule has 0 aliphatic carbocycles. The summed E-state index contributed by atoms with van der Waals surface area (Å²) in [6.07, 6.45) is 0. The second kappa shape index (κ2) is 6.03. The largest absolute Gasteiger partial charge is 0.480 e. The summed E-state index contributed by atoms with van der Waals surface area (Å²) in [5.74, 6) is -5.08. The first-order chi connectivity index (χ1) is 11.6. The average molecular weight is 384 g/mol. The van der Waals surface area contributed by atoms with Gasteiger partial charge in [-0.1, -0.05) is 0 Å². The van der Waals surface area contributed by atoms with Crippen LogP contribution in [0.25, 0.3) is 0 Å². The molecule has 3 N–H and O–H groups in total. The van der Waals surface area contributed by atoms with Gasteiger partial charge < -0.3 is 20.4 Å². The third-order valence-electron chi connectivity index (χ3n) is 4.36. The Morgan fingerprint density at radius 2 is 2.00 bits per heavy atom. The molecule has 3 rings (SSSR count). The highest BCUT2D eigenvalue weighted by molar-refractivity contribution is 8.01. The number of thioether (sulfide) groups is 1. The van der Waals surface area contributed by atoms with Crippen molar-refractivity contribution in [1.29, 1.82) is 0 Å². The van der Waals surface area contributed by atoms with Gasteiger partial charge in [-0.05, 0) is 36.2 Å². The number of β-lactam (4-membered cyclic amide) rings is 1. The SMILES string of the molecule is CC1(C)S[C@@H]2[C@H](NC(=O)[C@H](C(=O)O)c3ccsc3)C(=O)N2[C@@H]1C(=O)O. The first-order valence-electron chi connectivity index (χ1n) is 7.43. The number of thiophene rings is 1. The Balaban J connectivity index is 1.77. The lowest BCUT2D eigenvalue weighted by Gasteiger charge is -2.43. The standard InChI is InChI=1S/C15H16N2O6S2/c1-15(2)9(14(22)23)17-11(19)8(12(17)25-15)16-10(18)7(13(20)21)6-3-4-24-5-6/h3-5,7-9,12H,1-2H3,(H,16,18)(H,20,21)(H,22,23)/t7-,8-,9-,12-/m1/s1. The molecule has 2 amide bonds. The number of carboxylic acids is 2. The number of nitrogens with one attached hydrogen (secondary N) is 1. The number of aliphatic carboxylic acids is 2. The first-order valence-corrected chi connectivity index (χ1v) is 9.25. The molecule has 0 aromatic carbocycles. The summed E-state index contributed by atoms with van der Waals surface area (Å²) in [7, 11) is 0. The Labute approximate surface area is 151 Å². The van der Waals surface area contributed by atoms with Crippen LogP contribution in [0.1, 0.15) is 25.3 Å². The maximum atomic E-state index is 12.4. The van der Waals surface area contributed by atoms with E-state index in [2.05, 4.69) is 5.32 Å². The summed E-state index contributed by atoms with van der Waals surface area (Å²) in [5, 5.41) is 23.9. The lowest BCUT2D eigenvalue weighted by atomic mass is 9.95. The average Bonchev–Trinajstić information content (AvgIpc) is 3.09. The van der Waals surface area contributed by atoms with Gasteiger partial charge in [-0.25, -0.2) is 4.79 Å². The maximum Gasteiger partial charge on any atom is 0.327 e. The van der Waals surface area contributed by atoms with E-state index < -0.39 is 51.9 Å². The van der Waals surface area contributed by atoms with E-state index in [1.807, 2.05) is 0 Å². The number of nitrogens with zero attached hydrogens (tertiary/aromatic N) is 1. The Kier molecular flexibility index (Phi) is 4.28. The minimum atomic E-state index is -1.40. The fourth-order valence-corrected chi connectivity index (χ4v) is 5.54. The maximum absolute atomic E-state index is 12.4. The number of carbonyl (C=O) groups excluding carboxylic acids is 2. The molecular formula is C15H16N2O6S2. The quantitative estimate of drug-likeness (QED) is 0.500. The van der Waals surface area contributed by atoms with Crippen molar-refractivity contribution in [2.24, 2.45) is 0 Å². The van der Waals surface area contributed by atoms with Crippen LogP contribution in [-0.4, -0.2) is 61.1 Å². The number of carboxylic acid groups (broad SMARTS) is 2. The Hall–Kier alpha value is -2.07. The van der Waals surface area contributed by atoms with Gasteiger partial charge in [0.25, 0.3) is 0 Å². The summed E-state index contributed by atoms with van der Waals surface area (Å²) in [4.78, 5) is 48.9. The number of hydrogen-bond donors (Lipinski definition) is 3. The fraction of sp³-hybridized carbons (Fsp3) is 0.467. The summed E-state index contributed by atoms with van der Waals surface area (Å²) >= 11 is 2.56. The van der Waals surface area contributed by atoms with Crippen LogP contribution in [0.2, 0.25) is 0 Å². The molecule has 3 heterocycles. The Morgan fingerprint density at radius 1 is 1.32 bits per heavy atom. The summed E-state index contributed by atoms with van der Waals surface area (Å²) < 4.78 is -0.703. The van der Waals surface area contributed by atoms with Gasteiger partial charge in [-0.2, -0.15) is 11.3 Å². The Bertz CT molecular complexity index is 747. The van der Waals surface area contributed by atoms with Crippen LogP contribution < -0.4 is 5.32 Å². The second-order valence-corrected chi connectivity index (χ2v) is 8.96. The minimum absolute atomic E-state index is 0.349. The van der Waals surface area contributed by atoms with Crippen LogP contribution in [0.5, 0.6) is 0 Å². The Morgan fingerprint density at radius 3 is 2.52 bits per heavy atom. The van der Waals surface area contributed by atoms with Gasteiger partial charge in [-0.3, -0.25) is 14.4 Å². The van der Waals surface area contributed by atoms with Crippen molar-refractivity contribution < 1.29 is 29.4 Å². The monoisotopic (exact) mass is 384 g/mol. The van der Waals surface area contributed by atoms with Crippen molar-refractivity contribution >= 4 is 46.9 Å². The van der Waals surface area contributed by atoms with Gasteiger partial charge in [0.05, 0.1) is 0 Å². The van der Waals surface area contributed by atoms with Gasteiger partial charge in [0, 0.05) is 4.75 Å². The third-order valence-corrected chi connectivity index (χ3v) is 6.63. The van der Waals surface area contributed by atoms with Gasteiger partial charge in [0.2, 0.25) is 11.8 Å². The van der Waals surface area contributed by atoms with E-state index in [1.165, 1.54) is 28.0 Å². The molecule has 2 aliphatic heterocycles. The molecule has 4 atom stereocenters. The van der Waals surface area contributed by atoms with E-state index in [0.717, 1.165) is 0 Å². The second-order valence-electron chi connectivity index (χ2n) is 6.41. The zero-order valence-electron chi connectivity index (χ0n) is 13.3. The highest BCUT2D eigenvalue weighted by Gasteiger charge is 2.64. The zero-order chi connectivity index (χ0) is 18.5. The third kappa shape index (κ3) is 2.78. The number of amides is 2. The lowest BCUT2D eigenvalue weighted by molar-refractivity contribution is -0.161. The molecule has 0 radical (unpaired) electrons. The van der Waals surface area contributed by atoms with Crippen LogP contribution >= 0.6 is 23.1 Å². The molecule has 2 fully saturated rings. The topological polar surface area (TPSA) is 124 Å². The van der Waals surface area contributed by atoms with Gasteiger partial charge in [0.1, 0.15) is 17.5 Å². The molecule has 2 saturated heterocycles. The molecule has 0 spiro atoms. The minimum Gasteiger partial charge on any atom is -0.480 e. The summed E-state index contributed by atoms with van der Waals surface area (Å²) in [5.41, 5.74) is 0.349. The smallest absolute Gasteiger partial charge is 0.327 e. The molecule has 10 heteroatoms. The first kappa shape index (κ1) is 17.7. The van der Waals surface area contributed by atoms with E-state index in [0.29, 0.717) is 5.56 Å². The van der Waals surface area contributed by atoms with E-state index in [4.69, 9.17) is 0 Å². The normalized spacial score (nSPS) is 28.0. The molecule has 1 aromatic heterocycles. The van der Waals surface area contributed by atoms with E-state index in [1.54, 1.807) is 30.7 Å². The van der Waals surface area contributed by atoms with E-state index in [9.17, 15) is 29.4 Å². The van der Waals surface area contributed by atoms with Crippen molar-refractivity contribution in [3.63, 3.8) is 0 Å². The molecule has 0 saturated carbocycles. The van der Waals surface area contributed by atoms with E-state index in [-0.39, 0.29) is 0 Å².